The van der Waals surface area contributed by atoms with Gasteiger partial charge in [-0.1, -0.05) is 31.9 Å². The number of rotatable bonds is 9. The minimum atomic E-state index is 0.0716. The predicted molar refractivity (Wildman–Crippen MR) is 81.6 cm³/mol. The molecule has 3 heteroatoms. The lowest BCUT2D eigenvalue weighted by atomic mass is 10.1. The zero-order valence-corrected chi connectivity index (χ0v) is 12.6. The van der Waals surface area contributed by atoms with Gasteiger partial charge in [0, 0.05) is 12.6 Å². The van der Waals surface area contributed by atoms with E-state index in [2.05, 4.69) is 31.0 Å². The fourth-order valence-corrected chi connectivity index (χ4v) is 2.14. The molecule has 1 unspecified atom stereocenters. The van der Waals surface area contributed by atoms with Crippen LogP contribution in [-0.2, 0) is 0 Å². The van der Waals surface area contributed by atoms with Crippen LogP contribution >= 0.6 is 0 Å². The van der Waals surface area contributed by atoms with Crippen LogP contribution in [-0.4, -0.2) is 31.6 Å². The normalized spacial score (nSPS) is 12.7. The molecule has 0 amide bonds. The molecule has 1 atom stereocenters. The van der Waals surface area contributed by atoms with Gasteiger partial charge in [0.25, 0.3) is 0 Å². The predicted octanol–water partition coefficient (Wildman–Crippen LogP) is 3.21. The summed E-state index contributed by atoms with van der Waals surface area (Å²) in [7, 11) is 2.14. The molecule has 0 fully saturated rings. The Kier molecular flexibility index (Phi) is 7.53. The van der Waals surface area contributed by atoms with Crippen LogP contribution in [0.2, 0.25) is 0 Å². The molecule has 0 saturated carbocycles. The van der Waals surface area contributed by atoms with Gasteiger partial charge in [-0.25, -0.2) is 0 Å². The number of unbranched alkanes of at least 4 members (excludes halogenated alkanes) is 2. The molecular formula is C16H28N2O. The highest BCUT2D eigenvalue weighted by atomic mass is 16.5. The van der Waals surface area contributed by atoms with E-state index in [-0.39, 0.29) is 6.04 Å². The van der Waals surface area contributed by atoms with Crippen molar-refractivity contribution in [1.29, 1.82) is 0 Å². The Hall–Kier alpha value is -1.06. The van der Waals surface area contributed by atoms with Crippen molar-refractivity contribution >= 4 is 0 Å². The highest BCUT2D eigenvalue weighted by Gasteiger charge is 2.09. The van der Waals surface area contributed by atoms with Crippen molar-refractivity contribution in [2.24, 2.45) is 5.73 Å². The number of benzene rings is 1. The van der Waals surface area contributed by atoms with E-state index in [1.165, 1.54) is 24.8 Å². The van der Waals surface area contributed by atoms with Crippen molar-refractivity contribution in [3.63, 3.8) is 0 Å². The second-order valence-corrected chi connectivity index (χ2v) is 5.08. The third-order valence-electron chi connectivity index (χ3n) is 3.27. The van der Waals surface area contributed by atoms with Crippen molar-refractivity contribution in [1.82, 2.24) is 4.90 Å². The minimum absolute atomic E-state index is 0.0716. The molecule has 3 nitrogen and oxygen atoms in total. The van der Waals surface area contributed by atoms with Crippen LogP contribution in [0.3, 0.4) is 0 Å². The summed E-state index contributed by atoms with van der Waals surface area (Å²) in [6.07, 6.45) is 3.81. The summed E-state index contributed by atoms with van der Waals surface area (Å²) < 4.78 is 5.44. The molecule has 0 aliphatic rings. The summed E-state index contributed by atoms with van der Waals surface area (Å²) in [5, 5.41) is 0. The Morgan fingerprint density at radius 3 is 2.42 bits per heavy atom. The topological polar surface area (TPSA) is 38.5 Å². The molecule has 0 aliphatic heterocycles. The van der Waals surface area contributed by atoms with Gasteiger partial charge >= 0.3 is 0 Å². The third-order valence-corrected chi connectivity index (χ3v) is 3.27. The molecule has 0 spiro atoms. The van der Waals surface area contributed by atoms with Gasteiger partial charge in [0.1, 0.15) is 5.75 Å². The fourth-order valence-electron chi connectivity index (χ4n) is 2.14. The van der Waals surface area contributed by atoms with Gasteiger partial charge in [0.15, 0.2) is 0 Å². The lowest BCUT2D eigenvalue weighted by Gasteiger charge is -2.21. The number of hydrogen-bond donors (Lipinski definition) is 1. The zero-order valence-electron chi connectivity index (χ0n) is 12.6. The second-order valence-electron chi connectivity index (χ2n) is 5.08. The van der Waals surface area contributed by atoms with Crippen LogP contribution in [0.4, 0.5) is 0 Å². The van der Waals surface area contributed by atoms with Crippen LogP contribution < -0.4 is 10.5 Å². The lowest BCUT2D eigenvalue weighted by molar-refractivity contribution is 0.305. The molecule has 0 aromatic heterocycles. The first-order chi connectivity index (χ1) is 9.17. The molecule has 0 radical (unpaired) electrons. The standard InChI is InChI=1S/C16H28N2O/c1-4-6-7-12-18(3)13-16(17)14-8-10-15(11-9-14)19-5-2/h8-11,16H,4-7,12-13,17H2,1-3H3. The smallest absolute Gasteiger partial charge is 0.119 e. The third kappa shape index (κ3) is 6.08. The summed E-state index contributed by atoms with van der Waals surface area (Å²) in [5.74, 6) is 0.912. The molecule has 19 heavy (non-hydrogen) atoms. The lowest BCUT2D eigenvalue weighted by Crippen LogP contribution is -2.29. The Labute approximate surface area is 117 Å². The minimum Gasteiger partial charge on any atom is -0.494 e. The maximum Gasteiger partial charge on any atom is 0.119 e. The molecule has 108 valence electrons. The molecular weight excluding hydrogens is 236 g/mol. The molecule has 0 heterocycles. The first-order valence-corrected chi connectivity index (χ1v) is 7.34. The van der Waals surface area contributed by atoms with Crippen molar-refractivity contribution in [2.75, 3.05) is 26.7 Å². The van der Waals surface area contributed by atoms with E-state index in [0.717, 1.165) is 18.8 Å². The van der Waals surface area contributed by atoms with Crippen LogP contribution in [0.15, 0.2) is 24.3 Å². The highest BCUT2D eigenvalue weighted by molar-refractivity contribution is 5.29. The van der Waals surface area contributed by atoms with Crippen molar-refractivity contribution in [3.8, 4) is 5.75 Å². The van der Waals surface area contributed by atoms with E-state index in [1.807, 2.05) is 19.1 Å². The average molecular weight is 264 g/mol. The molecule has 1 aromatic carbocycles. The van der Waals surface area contributed by atoms with E-state index < -0.39 is 0 Å². The molecule has 1 rings (SSSR count). The van der Waals surface area contributed by atoms with Crippen LogP contribution in [0.5, 0.6) is 5.75 Å². The molecule has 1 aromatic rings. The zero-order chi connectivity index (χ0) is 14.1. The van der Waals surface area contributed by atoms with Crippen molar-refractivity contribution in [2.45, 2.75) is 39.2 Å². The van der Waals surface area contributed by atoms with Gasteiger partial charge in [-0.05, 0) is 44.6 Å². The van der Waals surface area contributed by atoms with Gasteiger partial charge in [0.05, 0.1) is 6.61 Å². The Morgan fingerprint density at radius 2 is 1.84 bits per heavy atom. The summed E-state index contributed by atoms with van der Waals surface area (Å²) >= 11 is 0. The van der Waals surface area contributed by atoms with Crippen LogP contribution in [0, 0.1) is 0 Å². The van der Waals surface area contributed by atoms with Gasteiger partial charge in [-0.3, -0.25) is 0 Å². The quantitative estimate of drug-likeness (QED) is 0.696. The summed E-state index contributed by atoms with van der Waals surface area (Å²) in [6.45, 7) is 6.94. The number of nitrogens with zero attached hydrogens (tertiary/aromatic N) is 1. The summed E-state index contributed by atoms with van der Waals surface area (Å²) in [4.78, 5) is 2.32. The Morgan fingerprint density at radius 1 is 1.16 bits per heavy atom. The highest BCUT2D eigenvalue weighted by Crippen LogP contribution is 2.17. The summed E-state index contributed by atoms with van der Waals surface area (Å²) in [6, 6.07) is 8.19. The van der Waals surface area contributed by atoms with Gasteiger partial charge in [-0.15, -0.1) is 0 Å². The van der Waals surface area contributed by atoms with Gasteiger partial charge in [0.2, 0.25) is 0 Å². The largest absolute Gasteiger partial charge is 0.494 e. The molecule has 0 bridgehead atoms. The van der Waals surface area contributed by atoms with Crippen LogP contribution in [0.25, 0.3) is 0 Å². The number of nitrogens with two attached hydrogens (primary N) is 1. The fraction of sp³-hybridized carbons (Fsp3) is 0.625. The Balaban J connectivity index is 2.41. The number of ether oxygens (including phenoxy) is 1. The van der Waals surface area contributed by atoms with E-state index >= 15 is 0 Å². The first-order valence-electron chi connectivity index (χ1n) is 7.34. The van der Waals surface area contributed by atoms with Crippen molar-refractivity contribution in [3.05, 3.63) is 29.8 Å². The van der Waals surface area contributed by atoms with Crippen molar-refractivity contribution < 1.29 is 4.74 Å². The van der Waals surface area contributed by atoms with Gasteiger partial charge in [-0.2, -0.15) is 0 Å². The first kappa shape index (κ1) is 16.0. The van der Waals surface area contributed by atoms with E-state index in [9.17, 15) is 0 Å². The second kappa shape index (κ2) is 8.94. The van der Waals surface area contributed by atoms with E-state index in [0.29, 0.717) is 6.61 Å². The van der Waals surface area contributed by atoms with Gasteiger partial charge < -0.3 is 15.4 Å². The molecule has 0 saturated heterocycles. The number of likely N-dealkylation sites (N-methyl/N-ethyl adjacent to an activating group) is 1. The average Bonchev–Trinajstić information content (AvgIpc) is 2.40. The molecule has 2 N–H and O–H groups in total. The monoisotopic (exact) mass is 264 g/mol. The summed E-state index contributed by atoms with van der Waals surface area (Å²) in [5.41, 5.74) is 7.41. The molecule has 0 aliphatic carbocycles. The SMILES string of the molecule is CCCCCN(C)CC(N)c1ccc(OCC)cc1. The van der Waals surface area contributed by atoms with Crippen LogP contribution in [0.1, 0.15) is 44.7 Å². The van der Waals surface area contributed by atoms with E-state index in [4.69, 9.17) is 10.5 Å². The van der Waals surface area contributed by atoms with E-state index in [1.54, 1.807) is 0 Å². The number of hydrogen-bond acceptors (Lipinski definition) is 3. The Bertz CT molecular complexity index is 337. The maximum atomic E-state index is 6.24. The maximum absolute atomic E-state index is 6.24.